The van der Waals surface area contributed by atoms with E-state index in [1.54, 1.807) is 7.11 Å². The van der Waals surface area contributed by atoms with Crippen LogP contribution in [-0.4, -0.2) is 18.5 Å². The van der Waals surface area contributed by atoms with Crippen LogP contribution in [-0.2, 0) is 9.53 Å². The van der Waals surface area contributed by atoms with Gasteiger partial charge >= 0.3 is 0 Å². The normalized spacial score (nSPS) is 57.2. The maximum Gasteiger partial charge on any atom is 0.171 e. The molecule has 0 aliphatic heterocycles. The molecule has 4 atom stereocenters. The predicted octanol–water partition coefficient (Wildman–Crippen LogP) is 3.26. The van der Waals surface area contributed by atoms with Crippen LogP contribution in [0.2, 0.25) is 0 Å². The summed E-state index contributed by atoms with van der Waals surface area (Å²) in [6, 6.07) is 0. The summed E-state index contributed by atoms with van der Waals surface area (Å²) in [6.07, 6.45) is 7.67. The lowest BCUT2D eigenvalue weighted by atomic mass is 9.41. The minimum absolute atomic E-state index is 0.187. The SMILES string of the molecule is C=C1C[C@@]2(C)C(=O)[C@]3(OC)CC[C@]24CCC[C@]14C3. The first-order valence-corrected chi connectivity index (χ1v) is 7.25. The second-order valence-corrected chi connectivity index (χ2v) is 7.33. The summed E-state index contributed by atoms with van der Waals surface area (Å²) in [5, 5.41) is 0. The molecule has 4 bridgehead atoms. The summed E-state index contributed by atoms with van der Waals surface area (Å²) in [4.78, 5) is 13.0. The van der Waals surface area contributed by atoms with Crippen LogP contribution in [0.5, 0.6) is 0 Å². The van der Waals surface area contributed by atoms with Crippen LogP contribution in [0.3, 0.4) is 0 Å². The van der Waals surface area contributed by atoms with Gasteiger partial charge in [-0.3, -0.25) is 4.79 Å². The number of ether oxygens (including phenoxy) is 1. The van der Waals surface area contributed by atoms with Gasteiger partial charge in [0, 0.05) is 17.9 Å². The highest BCUT2D eigenvalue weighted by Crippen LogP contribution is 2.82. The second kappa shape index (κ2) is 2.77. The number of carbonyl (C=O) groups excluding carboxylic acids is 1. The van der Waals surface area contributed by atoms with E-state index in [4.69, 9.17) is 4.74 Å². The summed E-state index contributed by atoms with van der Waals surface area (Å²) in [6.45, 7) is 6.59. The summed E-state index contributed by atoms with van der Waals surface area (Å²) in [5.41, 5.74) is 1.14. The highest BCUT2D eigenvalue weighted by Gasteiger charge is 2.80. The molecule has 5 aliphatic rings. The molecule has 5 rings (SSSR count). The highest BCUT2D eigenvalue weighted by atomic mass is 16.5. The Labute approximate surface area is 109 Å². The van der Waals surface area contributed by atoms with Crippen molar-refractivity contribution in [3.63, 3.8) is 0 Å². The fraction of sp³-hybridized carbons (Fsp3) is 0.812. The minimum Gasteiger partial charge on any atom is -0.370 e. The molecule has 5 saturated carbocycles. The average Bonchev–Trinajstić information content (AvgIpc) is 2.82. The van der Waals surface area contributed by atoms with E-state index in [1.807, 2.05) is 0 Å². The Morgan fingerprint density at radius 3 is 2.72 bits per heavy atom. The number of rotatable bonds is 1. The zero-order valence-corrected chi connectivity index (χ0v) is 11.5. The minimum atomic E-state index is -0.486. The molecule has 1 spiro atoms. The third-order valence-corrected chi connectivity index (χ3v) is 7.27. The van der Waals surface area contributed by atoms with Gasteiger partial charge in [-0.2, -0.15) is 0 Å². The molecule has 0 N–H and O–H groups in total. The Kier molecular flexibility index (Phi) is 1.73. The lowest BCUT2D eigenvalue weighted by Gasteiger charge is -2.63. The molecule has 0 heterocycles. The van der Waals surface area contributed by atoms with Crippen LogP contribution in [0, 0.1) is 16.2 Å². The molecule has 0 saturated heterocycles. The Hall–Kier alpha value is -0.630. The molecule has 0 aromatic carbocycles. The first kappa shape index (κ1) is 11.2. The molecule has 0 amide bonds. The smallest absolute Gasteiger partial charge is 0.171 e. The number of hydrogen-bond acceptors (Lipinski definition) is 2. The molecule has 5 aliphatic carbocycles. The topological polar surface area (TPSA) is 26.3 Å². The molecule has 0 aromatic rings. The molecule has 98 valence electrons. The van der Waals surface area contributed by atoms with Crippen molar-refractivity contribution >= 4 is 5.78 Å². The van der Waals surface area contributed by atoms with E-state index in [0.717, 1.165) is 19.3 Å². The van der Waals surface area contributed by atoms with E-state index in [9.17, 15) is 4.79 Å². The van der Waals surface area contributed by atoms with E-state index >= 15 is 0 Å². The van der Waals surface area contributed by atoms with Gasteiger partial charge in [0.05, 0.1) is 0 Å². The maximum atomic E-state index is 13.0. The summed E-state index contributed by atoms with van der Waals surface area (Å²) < 4.78 is 5.78. The van der Waals surface area contributed by atoms with Gasteiger partial charge in [-0.05, 0) is 43.9 Å². The van der Waals surface area contributed by atoms with Crippen molar-refractivity contribution in [2.75, 3.05) is 7.11 Å². The average molecular weight is 246 g/mol. The van der Waals surface area contributed by atoms with Crippen LogP contribution in [0.15, 0.2) is 12.2 Å². The van der Waals surface area contributed by atoms with Gasteiger partial charge in [-0.1, -0.05) is 25.5 Å². The predicted molar refractivity (Wildman–Crippen MR) is 69.2 cm³/mol. The van der Waals surface area contributed by atoms with Crippen LogP contribution in [0.25, 0.3) is 0 Å². The zero-order valence-electron chi connectivity index (χ0n) is 11.5. The van der Waals surface area contributed by atoms with E-state index in [1.165, 1.54) is 31.3 Å². The standard InChI is InChI=1S/C16H22O2/c1-11-9-13(2)12(17)15(18-3)7-8-16(13)6-4-5-14(11,16)10-15/h1,4-10H2,2-3H3/t13-,14-,15-,16+/m0/s1. The summed E-state index contributed by atoms with van der Waals surface area (Å²) >= 11 is 0. The van der Waals surface area contributed by atoms with Gasteiger partial charge in [-0.25, -0.2) is 0 Å². The number of Topliss-reactive ketones (excluding diaryl/α,β-unsaturated/α-hetero) is 1. The van der Waals surface area contributed by atoms with E-state index in [-0.39, 0.29) is 16.2 Å². The van der Waals surface area contributed by atoms with Crippen LogP contribution >= 0.6 is 0 Å². The molecular weight excluding hydrogens is 224 g/mol. The van der Waals surface area contributed by atoms with Crippen LogP contribution < -0.4 is 0 Å². The summed E-state index contributed by atoms with van der Waals surface area (Å²) in [5.74, 6) is 0.389. The van der Waals surface area contributed by atoms with Gasteiger partial charge in [0.25, 0.3) is 0 Å². The van der Waals surface area contributed by atoms with E-state index in [0.29, 0.717) is 5.78 Å². The fourth-order valence-corrected chi connectivity index (χ4v) is 6.53. The number of hydrogen-bond donors (Lipinski definition) is 0. The number of ketones is 1. The first-order chi connectivity index (χ1) is 8.46. The first-order valence-electron chi connectivity index (χ1n) is 7.25. The Balaban J connectivity index is 2.02. The van der Waals surface area contributed by atoms with Gasteiger partial charge < -0.3 is 4.74 Å². The number of fused-ring (bicyclic) bond motifs is 1. The Morgan fingerprint density at radius 2 is 2.00 bits per heavy atom. The molecule has 0 unspecified atom stereocenters. The molecular formula is C16H22O2. The van der Waals surface area contributed by atoms with Gasteiger partial charge in [0.2, 0.25) is 0 Å². The summed E-state index contributed by atoms with van der Waals surface area (Å²) in [7, 11) is 1.73. The van der Waals surface area contributed by atoms with Crippen molar-refractivity contribution in [2.24, 2.45) is 16.2 Å². The largest absolute Gasteiger partial charge is 0.370 e. The van der Waals surface area contributed by atoms with Crippen molar-refractivity contribution in [3.8, 4) is 0 Å². The molecule has 0 aromatic heterocycles. The maximum absolute atomic E-state index is 13.0. The molecule has 2 heteroatoms. The van der Waals surface area contributed by atoms with Crippen molar-refractivity contribution in [3.05, 3.63) is 12.2 Å². The third-order valence-electron chi connectivity index (χ3n) is 7.27. The third kappa shape index (κ3) is 0.766. The van der Waals surface area contributed by atoms with Gasteiger partial charge in [-0.15, -0.1) is 0 Å². The van der Waals surface area contributed by atoms with Crippen molar-refractivity contribution in [1.82, 2.24) is 0 Å². The van der Waals surface area contributed by atoms with E-state index < -0.39 is 5.60 Å². The van der Waals surface area contributed by atoms with Crippen molar-refractivity contribution in [2.45, 2.75) is 57.5 Å². The lowest BCUT2D eigenvalue weighted by Crippen LogP contribution is -2.67. The van der Waals surface area contributed by atoms with Gasteiger partial charge in [0.15, 0.2) is 5.78 Å². The molecule has 2 nitrogen and oxygen atoms in total. The number of carbonyl (C=O) groups is 1. The van der Waals surface area contributed by atoms with Crippen LogP contribution in [0.4, 0.5) is 0 Å². The Bertz CT molecular complexity index is 481. The zero-order chi connectivity index (χ0) is 12.8. The molecule has 5 fully saturated rings. The second-order valence-electron chi connectivity index (χ2n) is 7.33. The number of allylic oxidation sites excluding steroid dienone is 1. The molecule has 18 heavy (non-hydrogen) atoms. The lowest BCUT2D eigenvalue weighted by molar-refractivity contribution is -0.204. The van der Waals surface area contributed by atoms with Gasteiger partial charge in [0.1, 0.15) is 5.60 Å². The monoisotopic (exact) mass is 246 g/mol. The van der Waals surface area contributed by atoms with Crippen molar-refractivity contribution < 1.29 is 9.53 Å². The molecule has 0 radical (unpaired) electrons. The van der Waals surface area contributed by atoms with Crippen molar-refractivity contribution in [1.29, 1.82) is 0 Å². The number of methoxy groups -OCH3 is 1. The highest BCUT2D eigenvalue weighted by molar-refractivity contribution is 5.97. The quantitative estimate of drug-likeness (QED) is 0.664. The Morgan fingerprint density at radius 1 is 1.22 bits per heavy atom. The van der Waals surface area contributed by atoms with Crippen LogP contribution in [0.1, 0.15) is 51.9 Å². The fourth-order valence-electron chi connectivity index (χ4n) is 6.53. The van der Waals surface area contributed by atoms with E-state index in [2.05, 4.69) is 13.5 Å².